The number of ether oxygens (including phenoxy) is 2. The number of aryl methyl sites for hydroxylation is 1. The van der Waals surface area contributed by atoms with Gasteiger partial charge in [-0.15, -0.1) is 0 Å². The van der Waals surface area contributed by atoms with Crippen LogP contribution < -0.4 is 20.1 Å². The van der Waals surface area contributed by atoms with Crippen LogP contribution in [0.5, 0.6) is 11.5 Å². The van der Waals surface area contributed by atoms with Crippen LogP contribution in [-0.2, 0) is 6.42 Å². The lowest BCUT2D eigenvalue weighted by molar-refractivity contribution is 0.0976. The van der Waals surface area contributed by atoms with Gasteiger partial charge in [-0.25, -0.2) is 0 Å². The second kappa shape index (κ2) is 7.31. The molecule has 1 aliphatic heterocycles. The number of hydrogen-bond acceptors (Lipinski definition) is 4. The molecule has 5 nitrogen and oxygen atoms in total. The summed E-state index contributed by atoms with van der Waals surface area (Å²) in [5.74, 6) is 0.923. The largest absolute Gasteiger partial charge is 0.486 e. The van der Waals surface area contributed by atoms with Crippen LogP contribution >= 0.6 is 12.2 Å². The van der Waals surface area contributed by atoms with E-state index in [1.54, 1.807) is 18.2 Å². The first-order valence-electron chi connectivity index (χ1n) is 7.76. The predicted octanol–water partition coefficient (Wildman–Crippen LogP) is 3.15. The smallest absolute Gasteiger partial charge is 0.257 e. The van der Waals surface area contributed by atoms with Gasteiger partial charge in [-0.1, -0.05) is 19.1 Å². The third-order valence-corrected chi connectivity index (χ3v) is 3.86. The van der Waals surface area contributed by atoms with Crippen LogP contribution in [0.15, 0.2) is 42.5 Å². The van der Waals surface area contributed by atoms with Gasteiger partial charge in [-0.2, -0.15) is 0 Å². The minimum Gasteiger partial charge on any atom is -0.486 e. The van der Waals surface area contributed by atoms with Crippen molar-refractivity contribution in [3.8, 4) is 11.5 Å². The fourth-order valence-corrected chi connectivity index (χ4v) is 2.56. The molecule has 1 amide bonds. The van der Waals surface area contributed by atoms with Crippen molar-refractivity contribution in [2.24, 2.45) is 0 Å². The summed E-state index contributed by atoms with van der Waals surface area (Å²) in [5, 5.41) is 5.91. The van der Waals surface area contributed by atoms with Crippen molar-refractivity contribution in [3.63, 3.8) is 0 Å². The van der Waals surface area contributed by atoms with Gasteiger partial charge in [0.2, 0.25) is 0 Å². The Kier molecular flexibility index (Phi) is 4.96. The average molecular weight is 342 g/mol. The first kappa shape index (κ1) is 16.3. The van der Waals surface area contributed by atoms with E-state index in [2.05, 4.69) is 17.6 Å². The predicted molar refractivity (Wildman–Crippen MR) is 96.9 cm³/mol. The molecule has 2 N–H and O–H groups in total. The van der Waals surface area contributed by atoms with Crippen molar-refractivity contribution < 1.29 is 14.3 Å². The zero-order valence-corrected chi connectivity index (χ0v) is 14.1. The average Bonchev–Trinajstić information content (AvgIpc) is 2.61. The maximum atomic E-state index is 12.3. The van der Waals surface area contributed by atoms with Crippen molar-refractivity contribution in [2.45, 2.75) is 13.3 Å². The number of fused-ring (bicyclic) bond motifs is 1. The molecule has 6 heteroatoms. The zero-order chi connectivity index (χ0) is 16.9. The van der Waals surface area contributed by atoms with Gasteiger partial charge in [-0.05, 0) is 54.5 Å². The van der Waals surface area contributed by atoms with E-state index in [0.717, 1.165) is 12.1 Å². The highest BCUT2D eigenvalue weighted by Gasteiger charge is 2.15. The van der Waals surface area contributed by atoms with Crippen molar-refractivity contribution in [1.82, 2.24) is 5.32 Å². The van der Waals surface area contributed by atoms with E-state index in [9.17, 15) is 4.79 Å². The molecule has 0 spiro atoms. The number of rotatable bonds is 3. The fraction of sp³-hybridized carbons (Fsp3) is 0.222. The Morgan fingerprint density at radius 3 is 2.50 bits per heavy atom. The van der Waals surface area contributed by atoms with Gasteiger partial charge in [0.05, 0.1) is 0 Å². The third-order valence-electron chi connectivity index (χ3n) is 3.65. The number of anilines is 1. The van der Waals surface area contributed by atoms with E-state index in [4.69, 9.17) is 21.7 Å². The lowest BCUT2D eigenvalue weighted by Crippen LogP contribution is -2.34. The lowest BCUT2D eigenvalue weighted by atomic mass is 10.1. The van der Waals surface area contributed by atoms with Gasteiger partial charge in [0.25, 0.3) is 5.91 Å². The molecular formula is C18H18N2O3S. The highest BCUT2D eigenvalue weighted by Crippen LogP contribution is 2.30. The van der Waals surface area contributed by atoms with Crippen LogP contribution in [0.1, 0.15) is 22.8 Å². The molecule has 0 unspecified atom stereocenters. The summed E-state index contributed by atoms with van der Waals surface area (Å²) in [7, 11) is 0. The van der Waals surface area contributed by atoms with Crippen molar-refractivity contribution in [1.29, 1.82) is 0 Å². The van der Waals surface area contributed by atoms with E-state index in [1.165, 1.54) is 5.56 Å². The quantitative estimate of drug-likeness (QED) is 0.839. The van der Waals surface area contributed by atoms with Crippen LogP contribution in [0.3, 0.4) is 0 Å². The highest BCUT2D eigenvalue weighted by molar-refractivity contribution is 7.80. The number of benzene rings is 2. The lowest BCUT2D eigenvalue weighted by Gasteiger charge is -2.18. The Bertz CT molecular complexity index is 759. The monoisotopic (exact) mass is 342 g/mol. The number of thiocarbonyl (C=S) groups is 1. The molecule has 1 heterocycles. The molecule has 0 aliphatic carbocycles. The Morgan fingerprint density at radius 2 is 1.79 bits per heavy atom. The summed E-state index contributed by atoms with van der Waals surface area (Å²) in [5.41, 5.74) is 2.54. The molecule has 0 radical (unpaired) electrons. The summed E-state index contributed by atoms with van der Waals surface area (Å²) < 4.78 is 10.9. The Labute approximate surface area is 146 Å². The number of nitrogens with one attached hydrogen (secondary N) is 2. The highest BCUT2D eigenvalue weighted by atomic mass is 32.1. The number of hydrogen-bond donors (Lipinski definition) is 2. The van der Waals surface area contributed by atoms with Gasteiger partial charge < -0.3 is 14.8 Å². The number of carbonyl (C=O) groups is 1. The third kappa shape index (κ3) is 3.83. The molecule has 0 fully saturated rings. The first-order chi connectivity index (χ1) is 11.7. The van der Waals surface area contributed by atoms with Gasteiger partial charge >= 0.3 is 0 Å². The van der Waals surface area contributed by atoms with Crippen molar-refractivity contribution in [2.75, 3.05) is 18.5 Å². The maximum Gasteiger partial charge on any atom is 0.257 e. The zero-order valence-electron chi connectivity index (χ0n) is 13.3. The fourth-order valence-electron chi connectivity index (χ4n) is 2.35. The summed E-state index contributed by atoms with van der Waals surface area (Å²) in [4.78, 5) is 12.3. The standard InChI is InChI=1S/C18H18N2O3S/c1-2-12-3-6-14(7-4-12)19-18(24)20-17(21)13-5-8-15-16(11-13)23-10-9-22-15/h3-8,11H,2,9-10H2,1H3,(H2,19,20,21,24). The van der Waals surface area contributed by atoms with Gasteiger partial charge in [-0.3, -0.25) is 10.1 Å². The molecule has 0 atom stereocenters. The normalized spacial score (nSPS) is 12.4. The van der Waals surface area contributed by atoms with Crippen LogP contribution in [0.2, 0.25) is 0 Å². The molecule has 0 bridgehead atoms. The second-order valence-corrected chi connectivity index (χ2v) is 5.73. The molecular weight excluding hydrogens is 324 g/mol. The first-order valence-corrected chi connectivity index (χ1v) is 8.17. The molecule has 1 aliphatic rings. The minimum atomic E-state index is -0.297. The van der Waals surface area contributed by atoms with Crippen molar-refractivity contribution >= 4 is 28.9 Å². The van der Waals surface area contributed by atoms with E-state index in [0.29, 0.717) is 30.3 Å². The maximum absolute atomic E-state index is 12.3. The molecule has 2 aromatic rings. The summed E-state index contributed by atoms with van der Waals surface area (Å²) in [6, 6.07) is 13.0. The Hall–Kier alpha value is -2.60. The van der Waals surface area contributed by atoms with Crippen molar-refractivity contribution in [3.05, 3.63) is 53.6 Å². The van der Waals surface area contributed by atoms with Gasteiger partial charge in [0.15, 0.2) is 16.6 Å². The van der Waals surface area contributed by atoms with E-state index >= 15 is 0 Å². The molecule has 3 rings (SSSR count). The molecule has 0 aromatic heterocycles. The number of amides is 1. The Balaban J connectivity index is 1.62. The molecule has 2 aromatic carbocycles. The SMILES string of the molecule is CCc1ccc(NC(=S)NC(=O)c2ccc3c(c2)OCCO3)cc1. The topological polar surface area (TPSA) is 59.6 Å². The summed E-state index contributed by atoms with van der Waals surface area (Å²) in [6.45, 7) is 3.09. The molecule has 124 valence electrons. The van der Waals surface area contributed by atoms with Gasteiger partial charge in [0, 0.05) is 11.3 Å². The summed E-state index contributed by atoms with van der Waals surface area (Å²) >= 11 is 5.20. The van der Waals surface area contributed by atoms with Gasteiger partial charge in [0.1, 0.15) is 13.2 Å². The second-order valence-electron chi connectivity index (χ2n) is 5.32. The Morgan fingerprint density at radius 1 is 1.08 bits per heavy atom. The van der Waals surface area contributed by atoms with E-state index < -0.39 is 0 Å². The molecule has 0 saturated heterocycles. The molecule has 0 saturated carbocycles. The summed E-state index contributed by atoms with van der Waals surface area (Å²) in [6.07, 6.45) is 0.978. The minimum absolute atomic E-state index is 0.249. The van der Waals surface area contributed by atoms with Crippen LogP contribution in [0.25, 0.3) is 0 Å². The van der Waals surface area contributed by atoms with Crippen LogP contribution in [-0.4, -0.2) is 24.2 Å². The van der Waals surface area contributed by atoms with E-state index in [1.807, 2.05) is 24.3 Å². The number of carbonyl (C=O) groups excluding carboxylic acids is 1. The molecule has 24 heavy (non-hydrogen) atoms. The van der Waals surface area contributed by atoms with Crippen LogP contribution in [0, 0.1) is 0 Å². The van der Waals surface area contributed by atoms with E-state index in [-0.39, 0.29) is 11.0 Å². The van der Waals surface area contributed by atoms with Crippen LogP contribution in [0.4, 0.5) is 5.69 Å².